The molecule has 0 aliphatic carbocycles. The molecule has 1 heterocycles. The SMILES string of the molecule is Oc1ccccc1SCc1ccco1. The highest BCUT2D eigenvalue weighted by Crippen LogP contribution is 2.30. The number of rotatable bonds is 3. The second-order valence-corrected chi connectivity index (χ2v) is 3.85. The van der Waals surface area contributed by atoms with Gasteiger partial charge in [0.25, 0.3) is 0 Å². The molecule has 72 valence electrons. The first-order valence-corrected chi connectivity index (χ1v) is 5.28. The predicted molar refractivity (Wildman–Crippen MR) is 56.4 cm³/mol. The van der Waals surface area contributed by atoms with E-state index >= 15 is 0 Å². The van der Waals surface area contributed by atoms with Crippen molar-refractivity contribution in [1.29, 1.82) is 0 Å². The summed E-state index contributed by atoms with van der Waals surface area (Å²) in [5.41, 5.74) is 0. The zero-order chi connectivity index (χ0) is 9.80. The third kappa shape index (κ3) is 2.12. The van der Waals surface area contributed by atoms with Crippen molar-refractivity contribution in [2.24, 2.45) is 0 Å². The topological polar surface area (TPSA) is 33.4 Å². The quantitative estimate of drug-likeness (QED) is 0.782. The van der Waals surface area contributed by atoms with Crippen LogP contribution in [0.5, 0.6) is 5.75 Å². The Hall–Kier alpha value is -1.35. The minimum Gasteiger partial charge on any atom is -0.507 e. The van der Waals surface area contributed by atoms with E-state index in [9.17, 15) is 5.11 Å². The summed E-state index contributed by atoms with van der Waals surface area (Å²) < 4.78 is 5.19. The molecule has 0 saturated carbocycles. The highest BCUT2D eigenvalue weighted by molar-refractivity contribution is 7.98. The standard InChI is InChI=1S/C11H10O2S/c12-10-5-1-2-6-11(10)14-8-9-4-3-7-13-9/h1-7,12H,8H2. The number of aromatic hydroxyl groups is 1. The second-order valence-electron chi connectivity index (χ2n) is 2.84. The largest absolute Gasteiger partial charge is 0.507 e. The number of hydrogen-bond acceptors (Lipinski definition) is 3. The number of benzene rings is 1. The molecule has 0 amide bonds. The van der Waals surface area contributed by atoms with Crippen molar-refractivity contribution >= 4 is 11.8 Å². The molecule has 14 heavy (non-hydrogen) atoms. The molecular weight excluding hydrogens is 196 g/mol. The van der Waals surface area contributed by atoms with Crippen LogP contribution in [-0.2, 0) is 5.75 Å². The molecule has 1 aromatic heterocycles. The lowest BCUT2D eigenvalue weighted by atomic mass is 10.3. The van der Waals surface area contributed by atoms with Gasteiger partial charge in [-0.25, -0.2) is 0 Å². The van der Waals surface area contributed by atoms with E-state index < -0.39 is 0 Å². The van der Waals surface area contributed by atoms with Crippen LogP contribution < -0.4 is 0 Å². The van der Waals surface area contributed by atoms with E-state index in [1.165, 1.54) is 0 Å². The molecule has 0 aliphatic heterocycles. The van der Waals surface area contributed by atoms with Crippen LogP contribution in [0.4, 0.5) is 0 Å². The number of phenolic OH excluding ortho intramolecular Hbond substituents is 1. The lowest BCUT2D eigenvalue weighted by Gasteiger charge is -2.01. The molecule has 0 bridgehead atoms. The van der Waals surface area contributed by atoms with Crippen LogP contribution in [0.25, 0.3) is 0 Å². The van der Waals surface area contributed by atoms with Crippen LogP contribution in [-0.4, -0.2) is 5.11 Å². The van der Waals surface area contributed by atoms with Crippen LogP contribution in [0, 0.1) is 0 Å². The fourth-order valence-corrected chi connectivity index (χ4v) is 1.98. The Labute approximate surface area is 86.6 Å². The zero-order valence-electron chi connectivity index (χ0n) is 7.51. The van der Waals surface area contributed by atoms with E-state index in [-0.39, 0.29) is 0 Å². The number of phenols is 1. The molecular formula is C11H10O2S. The molecule has 0 spiro atoms. The van der Waals surface area contributed by atoms with Crippen molar-refractivity contribution in [1.82, 2.24) is 0 Å². The maximum absolute atomic E-state index is 9.49. The molecule has 1 aromatic carbocycles. The Morgan fingerprint density at radius 1 is 1.14 bits per heavy atom. The summed E-state index contributed by atoms with van der Waals surface area (Å²) in [5, 5.41) is 9.49. The van der Waals surface area contributed by atoms with Crippen LogP contribution in [0.2, 0.25) is 0 Å². The van der Waals surface area contributed by atoms with Crippen molar-refractivity contribution in [2.45, 2.75) is 10.6 Å². The highest BCUT2D eigenvalue weighted by Gasteiger charge is 2.01. The average Bonchev–Trinajstić information content (AvgIpc) is 2.69. The van der Waals surface area contributed by atoms with Crippen molar-refractivity contribution in [2.75, 3.05) is 0 Å². The Morgan fingerprint density at radius 2 is 2.00 bits per heavy atom. The minimum absolute atomic E-state index is 0.323. The van der Waals surface area contributed by atoms with Gasteiger partial charge in [-0.15, -0.1) is 11.8 Å². The number of furan rings is 1. The summed E-state index contributed by atoms with van der Waals surface area (Å²) in [6.45, 7) is 0. The molecule has 2 rings (SSSR count). The molecule has 0 fully saturated rings. The van der Waals surface area contributed by atoms with E-state index in [1.54, 1.807) is 24.1 Å². The van der Waals surface area contributed by atoms with Crippen molar-refractivity contribution in [3.05, 3.63) is 48.4 Å². The van der Waals surface area contributed by atoms with Crippen molar-refractivity contribution in [3.8, 4) is 5.75 Å². The van der Waals surface area contributed by atoms with E-state index in [0.29, 0.717) is 5.75 Å². The summed E-state index contributed by atoms with van der Waals surface area (Å²) in [4.78, 5) is 0.879. The van der Waals surface area contributed by atoms with Gasteiger partial charge in [0.2, 0.25) is 0 Å². The van der Waals surface area contributed by atoms with Gasteiger partial charge in [0.1, 0.15) is 11.5 Å². The van der Waals surface area contributed by atoms with E-state index in [4.69, 9.17) is 4.42 Å². The summed E-state index contributed by atoms with van der Waals surface area (Å²) in [6.07, 6.45) is 1.65. The molecule has 0 unspecified atom stereocenters. The third-order valence-electron chi connectivity index (χ3n) is 1.82. The lowest BCUT2D eigenvalue weighted by Crippen LogP contribution is -1.76. The number of para-hydroxylation sites is 1. The summed E-state index contributed by atoms with van der Waals surface area (Å²) in [6, 6.07) is 11.1. The maximum Gasteiger partial charge on any atom is 0.129 e. The maximum atomic E-state index is 9.49. The Morgan fingerprint density at radius 3 is 2.71 bits per heavy atom. The van der Waals surface area contributed by atoms with Crippen LogP contribution in [0.15, 0.2) is 52.0 Å². The fourth-order valence-electron chi connectivity index (χ4n) is 1.12. The fraction of sp³-hybridized carbons (Fsp3) is 0.0909. The normalized spacial score (nSPS) is 10.3. The summed E-state index contributed by atoms with van der Waals surface area (Å²) >= 11 is 1.56. The van der Waals surface area contributed by atoms with Gasteiger partial charge in [-0.1, -0.05) is 12.1 Å². The van der Waals surface area contributed by atoms with Gasteiger partial charge in [0, 0.05) is 4.90 Å². The third-order valence-corrected chi connectivity index (χ3v) is 2.90. The van der Waals surface area contributed by atoms with Crippen molar-refractivity contribution in [3.63, 3.8) is 0 Å². The van der Waals surface area contributed by atoms with Gasteiger partial charge in [-0.05, 0) is 24.3 Å². The van der Waals surface area contributed by atoms with Crippen LogP contribution >= 0.6 is 11.8 Å². The molecule has 2 nitrogen and oxygen atoms in total. The molecule has 3 heteroatoms. The van der Waals surface area contributed by atoms with Crippen LogP contribution in [0.1, 0.15) is 5.76 Å². The molecule has 2 aromatic rings. The van der Waals surface area contributed by atoms with Crippen LogP contribution in [0.3, 0.4) is 0 Å². The van der Waals surface area contributed by atoms with Gasteiger partial charge >= 0.3 is 0 Å². The molecule has 0 saturated heterocycles. The average molecular weight is 206 g/mol. The van der Waals surface area contributed by atoms with E-state index in [1.807, 2.05) is 30.3 Å². The lowest BCUT2D eigenvalue weighted by molar-refractivity contribution is 0.462. The second kappa shape index (κ2) is 4.24. The smallest absolute Gasteiger partial charge is 0.129 e. The van der Waals surface area contributed by atoms with Gasteiger partial charge in [0.15, 0.2) is 0 Å². The summed E-state index contributed by atoms with van der Waals surface area (Å²) in [7, 11) is 0. The first-order chi connectivity index (χ1) is 6.86. The highest BCUT2D eigenvalue weighted by atomic mass is 32.2. The summed E-state index contributed by atoms with van der Waals surface area (Å²) in [5.74, 6) is 1.98. The minimum atomic E-state index is 0.323. The monoisotopic (exact) mass is 206 g/mol. The predicted octanol–water partition coefficient (Wildman–Crippen LogP) is 3.28. The molecule has 0 aliphatic rings. The molecule has 0 atom stereocenters. The van der Waals surface area contributed by atoms with E-state index in [0.717, 1.165) is 16.4 Å². The van der Waals surface area contributed by atoms with Gasteiger partial charge < -0.3 is 9.52 Å². The molecule has 1 N–H and O–H groups in total. The van der Waals surface area contributed by atoms with E-state index in [2.05, 4.69) is 0 Å². The van der Waals surface area contributed by atoms with Crippen molar-refractivity contribution < 1.29 is 9.52 Å². The Bertz CT molecular complexity index is 395. The number of hydrogen-bond donors (Lipinski definition) is 1. The number of thioether (sulfide) groups is 1. The zero-order valence-corrected chi connectivity index (χ0v) is 8.33. The molecule has 0 radical (unpaired) electrons. The Kier molecular flexibility index (Phi) is 2.79. The first-order valence-electron chi connectivity index (χ1n) is 4.29. The first kappa shape index (κ1) is 9.21. The Balaban J connectivity index is 2.02. The van der Waals surface area contributed by atoms with Gasteiger partial charge in [0.05, 0.1) is 12.0 Å². The van der Waals surface area contributed by atoms with Gasteiger partial charge in [-0.2, -0.15) is 0 Å². The van der Waals surface area contributed by atoms with Gasteiger partial charge in [-0.3, -0.25) is 0 Å².